The Morgan fingerprint density at radius 2 is 2.10 bits per heavy atom. The number of hydrogen-bond acceptors (Lipinski definition) is 4. The summed E-state index contributed by atoms with van der Waals surface area (Å²) in [5.41, 5.74) is 8.53. The van der Waals surface area contributed by atoms with Gasteiger partial charge in [0.1, 0.15) is 0 Å². The lowest BCUT2D eigenvalue weighted by molar-refractivity contribution is 0.844. The number of imidazole rings is 1. The van der Waals surface area contributed by atoms with E-state index in [0.29, 0.717) is 18.9 Å². The average molecular weight is 298 g/mol. The minimum atomic E-state index is 0.276. The van der Waals surface area contributed by atoms with Crippen molar-refractivity contribution >= 4 is 34.3 Å². The average Bonchev–Trinajstić information content (AvgIpc) is 2.91. The van der Waals surface area contributed by atoms with Crippen molar-refractivity contribution in [2.75, 3.05) is 11.4 Å². The molecule has 3 rings (SSSR count). The summed E-state index contributed by atoms with van der Waals surface area (Å²) in [5, 5.41) is 8.19. The maximum atomic E-state index is 5.82. The Bertz CT molecular complexity index is 721. The third-order valence-electron chi connectivity index (χ3n) is 3.12. The summed E-state index contributed by atoms with van der Waals surface area (Å²) >= 11 is 5.13. The van der Waals surface area contributed by atoms with E-state index in [-0.39, 0.29) is 5.11 Å². The molecule has 6 nitrogen and oxygen atoms in total. The van der Waals surface area contributed by atoms with Crippen LogP contribution in [-0.2, 0) is 6.42 Å². The number of fused-ring (bicyclic) bond motifs is 1. The Balaban J connectivity index is 1.82. The molecular weight excluding hydrogens is 284 g/mol. The van der Waals surface area contributed by atoms with Gasteiger partial charge in [-0.1, -0.05) is 12.1 Å². The van der Waals surface area contributed by atoms with Crippen LogP contribution in [0.1, 0.15) is 5.69 Å². The highest BCUT2D eigenvalue weighted by molar-refractivity contribution is 7.80. The fraction of sp³-hybridized carbons (Fsp3) is 0.143. The van der Waals surface area contributed by atoms with E-state index in [1.54, 1.807) is 11.1 Å². The number of nitrogens with zero attached hydrogens (tertiary/aromatic N) is 4. The number of aromatic nitrogens is 4. The zero-order valence-electron chi connectivity index (χ0n) is 11.2. The van der Waals surface area contributed by atoms with E-state index < -0.39 is 0 Å². The van der Waals surface area contributed by atoms with E-state index in [4.69, 9.17) is 18.0 Å². The quantitative estimate of drug-likeness (QED) is 0.713. The summed E-state index contributed by atoms with van der Waals surface area (Å²) in [6.45, 7) is 0.591. The van der Waals surface area contributed by atoms with Crippen molar-refractivity contribution in [3.05, 3.63) is 48.3 Å². The van der Waals surface area contributed by atoms with Crippen molar-refractivity contribution in [3.63, 3.8) is 0 Å². The Morgan fingerprint density at radius 1 is 1.24 bits per heavy atom. The predicted molar refractivity (Wildman–Crippen MR) is 86.0 cm³/mol. The van der Waals surface area contributed by atoms with Gasteiger partial charge in [-0.3, -0.25) is 4.90 Å². The number of thiocarbonyl (C=S) groups is 1. The van der Waals surface area contributed by atoms with Gasteiger partial charge < -0.3 is 10.7 Å². The van der Waals surface area contributed by atoms with Crippen LogP contribution in [0.15, 0.2) is 42.6 Å². The molecule has 0 amide bonds. The van der Waals surface area contributed by atoms with Crippen LogP contribution in [0.25, 0.3) is 11.0 Å². The number of benzene rings is 1. The molecule has 3 N–H and O–H groups in total. The smallest absolute Gasteiger partial charge is 0.210 e. The maximum Gasteiger partial charge on any atom is 0.210 e. The maximum absolute atomic E-state index is 5.82. The normalized spacial score (nSPS) is 10.7. The molecule has 7 heteroatoms. The van der Waals surface area contributed by atoms with Crippen molar-refractivity contribution in [2.45, 2.75) is 6.42 Å². The summed E-state index contributed by atoms with van der Waals surface area (Å²) in [6.07, 6.45) is 2.33. The Kier molecular flexibility index (Phi) is 3.74. The van der Waals surface area contributed by atoms with Gasteiger partial charge in [0.2, 0.25) is 5.95 Å². The van der Waals surface area contributed by atoms with Crippen LogP contribution in [0.5, 0.6) is 0 Å². The summed E-state index contributed by atoms with van der Waals surface area (Å²) in [4.78, 5) is 9.51. The van der Waals surface area contributed by atoms with Crippen molar-refractivity contribution in [1.82, 2.24) is 20.2 Å². The largest absolute Gasteiger partial charge is 0.376 e. The number of para-hydroxylation sites is 2. The lowest BCUT2D eigenvalue weighted by Gasteiger charge is -2.19. The van der Waals surface area contributed by atoms with E-state index in [2.05, 4.69) is 20.2 Å². The zero-order valence-corrected chi connectivity index (χ0v) is 12.0. The molecule has 2 heterocycles. The topological polar surface area (TPSA) is 83.7 Å². The highest BCUT2D eigenvalue weighted by Gasteiger charge is 2.14. The van der Waals surface area contributed by atoms with E-state index in [1.807, 2.05) is 36.4 Å². The van der Waals surface area contributed by atoms with Gasteiger partial charge in [0.05, 0.1) is 16.7 Å². The molecule has 0 atom stereocenters. The van der Waals surface area contributed by atoms with Crippen LogP contribution in [-0.4, -0.2) is 31.8 Å². The monoisotopic (exact) mass is 298 g/mol. The van der Waals surface area contributed by atoms with E-state index in [0.717, 1.165) is 16.7 Å². The number of anilines is 1. The molecule has 0 saturated carbocycles. The van der Waals surface area contributed by atoms with Crippen LogP contribution >= 0.6 is 12.2 Å². The number of nitrogens with one attached hydrogen (secondary N) is 1. The van der Waals surface area contributed by atoms with Gasteiger partial charge >= 0.3 is 0 Å². The molecule has 3 aromatic rings. The van der Waals surface area contributed by atoms with Gasteiger partial charge in [0.15, 0.2) is 5.11 Å². The number of nitrogens with two attached hydrogens (primary N) is 1. The van der Waals surface area contributed by atoms with E-state index in [1.165, 1.54) is 0 Å². The third kappa shape index (κ3) is 2.97. The molecule has 106 valence electrons. The first-order chi connectivity index (χ1) is 10.2. The highest BCUT2D eigenvalue weighted by atomic mass is 32.1. The zero-order chi connectivity index (χ0) is 14.7. The Morgan fingerprint density at radius 3 is 2.81 bits per heavy atom. The molecular formula is C14H14N6S. The molecule has 0 spiro atoms. The van der Waals surface area contributed by atoms with E-state index >= 15 is 0 Å². The second kappa shape index (κ2) is 5.84. The minimum absolute atomic E-state index is 0.276. The molecule has 21 heavy (non-hydrogen) atoms. The van der Waals surface area contributed by atoms with Crippen molar-refractivity contribution in [3.8, 4) is 0 Å². The van der Waals surface area contributed by atoms with E-state index in [9.17, 15) is 0 Å². The first-order valence-electron chi connectivity index (χ1n) is 6.52. The van der Waals surface area contributed by atoms with Gasteiger partial charge in [0.25, 0.3) is 0 Å². The highest BCUT2D eigenvalue weighted by Crippen LogP contribution is 2.17. The molecule has 0 saturated heterocycles. The van der Waals surface area contributed by atoms with Crippen molar-refractivity contribution < 1.29 is 0 Å². The first kappa shape index (κ1) is 13.4. The molecule has 0 aliphatic rings. The van der Waals surface area contributed by atoms with Gasteiger partial charge in [-0.2, -0.15) is 10.2 Å². The standard InChI is InChI=1S/C14H14N6S/c15-13(21)20(9-7-10-4-3-8-16-19-10)14-17-11-5-1-2-6-12(11)18-14/h1-6,8H,7,9H2,(H2,15,21)(H,17,18). The third-order valence-corrected chi connectivity index (χ3v) is 3.34. The summed E-state index contributed by atoms with van der Waals surface area (Å²) in [5.74, 6) is 0.646. The van der Waals surface area contributed by atoms with Crippen LogP contribution in [0, 0.1) is 0 Å². The fourth-order valence-electron chi connectivity index (χ4n) is 2.08. The van der Waals surface area contributed by atoms with Crippen molar-refractivity contribution in [1.29, 1.82) is 0 Å². The van der Waals surface area contributed by atoms with Crippen molar-refractivity contribution in [2.24, 2.45) is 5.73 Å². The summed E-state index contributed by atoms with van der Waals surface area (Å²) in [7, 11) is 0. The first-order valence-corrected chi connectivity index (χ1v) is 6.93. The van der Waals surface area contributed by atoms with Gasteiger partial charge in [0, 0.05) is 19.2 Å². The lowest BCUT2D eigenvalue weighted by atomic mass is 10.3. The van der Waals surface area contributed by atoms with Gasteiger partial charge in [-0.15, -0.1) is 0 Å². The van der Waals surface area contributed by atoms with Crippen LogP contribution in [0.4, 0.5) is 5.95 Å². The predicted octanol–water partition coefficient (Wildman–Crippen LogP) is 1.65. The minimum Gasteiger partial charge on any atom is -0.376 e. The number of H-pyrrole nitrogens is 1. The molecule has 0 aliphatic heterocycles. The summed E-state index contributed by atoms with van der Waals surface area (Å²) in [6, 6.07) is 11.6. The Labute approximate surface area is 127 Å². The molecule has 0 unspecified atom stereocenters. The second-order valence-corrected chi connectivity index (χ2v) is 4.95. The Hall–Kier alpha value is -2.54. The second-order valence-electron chi connectivity index (χ2n) is 4.53. The molecule has 2 aromatic heterocycles. The number of hydrogen-bond donors (Lipinski definition) is 2. The molecule has 0 fully saturated rings. The number of aromatic amines is 1. The molecule has 0 radical (unpaired) electrons. The lowest BCUT2D eigenvalue weighted by Crippen LogP contribution is -2.38. The van der Waals surface area contributed by atoms with Crippen LogP contribution < -0.4 is 10.6 Å². The van der Waals surface area contributed by atoms with Crippen LogP contribution in [0.3, 0.4) is 0 Å². The number of rotatable bonds is 4. The summed E-state index contributed by atoms with van der Waals surface area (Å²) < 4.78 is 0. The molecule has 1 aromatic carbocycles. The van der Waals surface area contributed by atoms with Crippen LogP contribution in [0.2, 0.25) is 0 Å². The fourth-order valence-corrected chi connectivity index (χ4v) is 2.26. The SMILES string of the molecule is NC(=S)N(CCc1cccnn1)c1nc2ccccc2[nH]1. The van der Waals surface area contributed by atoms with Gasteiger partial charge in [-0.25, -0.2) is 4.98 Å². The molecule has 0 aliphatic carbocycles. The van der Waals surface area contributed by atoms with Gasteiger partial charge in [-0.05, 0) is 36.5 Å². The molecule has 0 bridgehead atoms.